The van der Waals surface area contributed by atoms with Crippen LogP contribution in [0.4, 0.5) is 0 Å². The summed E-state index contributed by atoms with van der Waals surface area (Å²) < 4.78 is 5.76. The molecule has 3 N–H and O–H groups in total. The zero-order chi connectivity index (χ0) is 20.1. The number of piperidine rings is 1. The number of hydrogen-bond donors (Lipinski definition) is 3. The lowest BCUT2D eigenvalue weighted by molar-refractivity contribution is -0.0262. The molecule has 28 heavy (non-hydrogen) atoms. The van der Waals surface area contributed by atoms with Crippen LogP contribution in [-0.4, -0.2) is 52.3 Å². The maximum absolute atomic E-state index is 11.3. The fourth-order valence-corrected chi connectivity index (χ4v) is 3.82. The van der Waals surface area contributed by atoms with Crippen molar-refractivity contribution < 1.29 is 19.7 Å². The Morgan fingerprint density at radius 1 is 1.18 bits per heavy atom. The molecule has 1 saturated heterocycles. The summed E-state index contributed by atoms with van der Waals surface area (Å²) in [6, 6.07) is 9.93. The third kappa shape index (κ3) is 4.56. The Bertz CT molecular complexity index is 792. The average molecular weight is 386 g/mol. The molecular weight excluding hydrogens is 356 g/mol. The first-order valence-corrected chi connectivity index (χ1v) is 9.96. The summed E-state index contributed by atoms with van der Waals surface area (Å²) in [5.41, 5.74) is 2.11. The molecule has 3 rings (SSSR count). The molecule has 6 heteroatoms. The number of carbonyl (C=O) groups is 1. The molecule has 1 fully saturated rings. The molecule has 0 amide bonds. The lowest BCUT2D eigenvalue weighted by Crippen LogP contribution is -2.42. The summed E-state index contributed by atoms with van der Waals surface area (Å²) in [5, 5.41) is 20.2. The van der Waals surface area contributed by atoms with Crippen LogP contribution in [0.15, 0.2) is 30.3 Å². The van der Waals surface area contributed by atoms with Gasteiger partial charge in [-0.25, -0.2) is 4.79 Å². The summed E-state index contributed by atoms with van der Waals surface area (Å²) in [6.07, 6.45) is 3.34. The maximum Gasteiger partial charge on any atom is 0.356 e. The van der Waals surface area contributed by atoms with Crippen molar-refractivity contribution >= 4 is 5.97 Å². The van der Waals surface area contributed by atoms with Gasteiger partial charge in [-0.3, -0.25) is 0 Å². The van der Waals surface area contributed by atoms with E-state index in [1.54, 1.807) is 0 Å². The fourth-order valence-electron chi connectivity index (χ4n) is 3.82. The number of carboxylic acids is 1. The van der Waals surface area contributed by atoms with Crippen molar-refractivity contribution in [3.8, 4) is 5.75 Å². The Kier molecular flexibility index (Phi) is 6.42. The van der Waals surface area contributed by atoms with Crippen molar-refractivity contribution in [2.45, 2.75) is 45.1 Å². The van der Waals surface area contributed by atoms with Gasteiger partial charge in [0.2, 0.25) is 0 Å². The predicted molar refractivity (Wildman–Crippen MR) is 108 cm³/mol. The van der Waals surface area contributed by atoms with Gasteiger partial charge < -0.3 is 24.8 Å². The minimum absolute atomic E-state index is 0.131. The number of aryl methyl sites for hydroxylation is 1. The number of likely N-dealkylation sites (tertiary alicyclic amines) is 1. The molecule has 6 nitrogen and oxygen atoms in total. The molecule has 1 aliphatic rings. The van der Waals surface area contributed by atoms with Gasteiger partial charge in [0.15, 0.2) is 11.4 Å². The van der Waals surface area contributed by atoms with Crippen LogP contribution < -0.4 is 4.74 Å². The van der Waals surface area contributed by atoms with Crippen molar-refractivity contribution in [1.29, 1.82) is 0 Å². The third-order valence-electron chi connectivity index (χ3n) is 5.77. The van der Waals surface area contributed by atoms with Gasteiger partial charge in [0.1, 0.15) is 0 Å². The molecule has 2 heterocycles. The van der Waals surface area contributed by atoms with Crippen LogP contribution in [0.25, 0.3) is 0 Å². The molecule has 0 atom stereocenters. The number of rotatable bonds is 8. The van der Waals surface area contributed by atoms with Crippen LogP contribution >= 0.6 is 0 Å². The van der Waals surface area contributed by atoms with Gasteiger partial charge in [-0.1, -0.05) is 30.3 Å². The van der Waals surface area contributed by atoms with Crippen LogP contribution in [-0.2, 0) is 5.60 Å². The number of ether oxygens (including phenoxy) is 1. The number of aromatic nitrogens is 1. The van der Waals surface area contributed by atoms with Crippen molar-refractivity contribution in [3.63, 3.8) is 0 Å². The standard InChI is InChI=1S/C22H30N2O4/c1-16-17(2)23-19(21(25)26)20(16)28-15-7-6-12-24-13-10-22(27,11-14-24)18-8-4-3-5-9-18/h3-5,8-9,23,27H,6-7,10-15H2,1-2H3,(H,25,26). The monoisotopic (exact) mass is 386 g/mol. The molecule has 0 radical (unpaired) electrons. The van der Waals surface area contributed by atoms with Gasteiger partial charge in [0.05, 0.1) is 12.2 Å². The first-order chi connectivity index (χ1) is 13.4. The normalized spacial score (nSPS) is 16.8. The second kappa shape index (κ2) is 8.80. The Morgan fingerprint density at radius 3 is 2.50 bits per heavy atom. The number of aliphatic hydroxyl groups is 1. The number of hydrogen-bond acceptors (Lipinski definition) is 4. The van der Waals surface area contributed by atoms with E-state index in [0.717, 1.165) is 62.1 Å². The van der Waals surface area contributed by atoms with E-state index >= 15 is 0 Å². The van der Waals surface area contributed by atoms with Crippen molar-refractivity contribution in [3.05, 3.63) is 52.8 Å². The fraction of sp³-hybridized carbons (Fsp3) is 0.500. The highest BCUT2D eigenvalue weighted by Gasteiger charge is 2.33. The highest BCUT2D eigenvalue weighted by atomic mass is 16.5. The number of aromatic amines is 1. The van der Waals surface area contributed by atoms with Crippen LogP contribution in [0.3, 0.4) is 0 Å². The van der Waals surface area contributed by atoms with Crippen LogP contribution in [0.1, 0.15) is 53.0 Å². The van der Waals surface area contributed by atoms with Gasteiger partial charge in [-0.05, 0) is 51.6 Å². The molecule has 1 aromatic carbocycles. The predicted octanol–water partition coefficient (Wildman–Crippen LogP) is 3.47. The zero-order valence-corrected chi connectivity index (χ0v) is 16.7. The third-order valence-corrected chi connectivity index (χ3v) is 5.77. The van der Waals surface area contributed by atoms with Gasteiger partial charge in [-0.2, -0.15) is 0 Å². The van der Waals surface area contributed by atoms with Gasteiger partial charge >= 0.3 is 5.97 Å². The molecule has 0 unspecified atom stereocenters. The van der Waals surface area contributed by atoms with E-state index in [1.807, 2.05) is 44.2 Å². The topological polar surface area (TPSA) is 85.8 Å². The Morgan fingerprint density at radius 2 is 1.86 bits per heavy atom. The van der Waals surface area contributed by atoms with Gasteiger partial charge in [0.25, 0.3) is 0 Å². The van der Waals surface area contributed by atoms with E-state index in [9.17, 15) is 15.0 Å². The number of nitrogens with one attached hydrogen (secondary N) is 1. The molecule has 2 aromatic rings. The van der Waals surface area contributed by atoms with Crippen LogP contribution in [0, 0.1) is 13.8 Å². The van der Waals surface area contributed by atoms with Gasteiger partial charge in [-0.15, -0.1) is 0 Å². The SMILES string of the molecule is Cc1[nH]c(C(=O)O)c(OCCCCN2CCC(O)(c3ccccc3)CC2)c1C. The summed E-state index contributed by atoms with van der Waals surface area (Å²) in [6.45, 7) is 6.94. The lowest BCUT2D eigenvalue weighted by atomic mass is 9.84. The molecule has 0 bridgehead atoms. The number of carboxylic acid groups (broad SMARTS) is 1. The molecule has 1 aromatic heterocycles. The summed E-state index contributed by atoms with van der Waals surface area (Å²) in [4.78, 5) is 16.5. The Labute approximate surface area is 166 Å². The first kappa shape index (κ1) is 20.4. The summed E-state index contributed by atoms with van der Waals surface area (Å²) in [5.74, 6) is -0.540. The number of benzene rings is 1. The molecule has 0 aliphatic carbocycles. The van der Waals surface area contributed by atoms with E-state index in [2.05, 4.69) is 9.88 Å². The maximum atomic E-state index is 11.3. The second-order valence-corrected chi connectivity index (χ2v) is 7.68. The Balaban J connectivity index is 1.40. The molecule has 1 aliphatic heterocycles. The molecule has 0 spiro atoms. The van der Waals surface area contributed by atoms with Crippen LogP contribution in [0.2, 0.25) is 0 Å². The molecular formula is C22H30N2O4. The minimum atomic E-state index is -0.995. The van der Waals surface area contributed by atoms with Crippen molar-refractivity contribution in [2.24, 2.45) is 0 Å². The van der Waals surface area contributed by atoms with Crippen molar-refractivity contribution in [2.75, 3.05) is 26.2 Å². The van der Waals surface area contributed by atoms with E-state index in [0.29, 0.717) is 12.4 Å². The number of nitrogens with zero attached hydrogens (tertiary/aromatic N) is 1. The van der Waals surface area contributed by atoms with Crippen molar-refractivity contribution in [1.82, 2.24) is 9.88 Å². The molecule has 0 saturated carbocycles. The van der Waals surface area contributed by atoms with Crippen LogP contribution in [0.5, 0.6) is 5.75 Å². The van der Waals surface area contributed by atoms with E-state index in [4.69, 9.17) is 4.74 Å². The highest BCUT2D eigenvalue weighted by molar-refractivity contribution is 5.89. The highest BCUT2D eigenvalue weighted by Crippen LogP contribution is 2.32. The number of H-pyrrole nitrogens is 1. The second-order valence-electron chi connectivity index (χ2n) is 7.68. The van der Waals surface area contributed by atoms with E-state index in [-0.39, 0.29) is 5.69 Å². The number of unbranched alkanes of at least 4 members (excludes halogenated alkanes) is 1. The van der Waals surface area contributed by atoms with Gasteiger partial charge in [0, 0.05) is 24.3 Å². The first-order valence-electron chi connectivity index (χ1n) is 9.96. The quantitative estimate of drug-likeness (QED) is 0.605. The summed E-state index contributed by atoms with van der Waals surface area (Å²) in [7, 11) is 0. The van der Waals surface area contributed by atoms with E-state index < -0.39 is 11.6 Å². The largest absolute Gasteiger partial charge is 0.491 e. The Hall–Kier alpha value is -2.31. The number of aromatic carboxylic acids is 1. The van der Waals surface area contributed by atoms with E-state index in [1.165, 1.54) is 0 Å². The zero-order valence-electron chi connectivity index (χ0n) is 16.7. The lowest BCUT2D eigenvalue weighted by Gasteiger charge is -2.38. The smallest absolute Gasteiger partial charge is 0.356 e. The molecule has 152 valence electrons. The minimum Gasteiger partial charge on any atom is -0.491 e. The average Bonchev–Trinajstić information content (AvgIpc) is 2.98. The summed E-state index contributed by atoms with van der Waals surface area (Å²) >= 11 is 0.